The minimum Gasteiger partial charge on any atom is -0.381 e. The highest BCUT2D eigenvalue weighted by molar-refractivity contribution is 8.14. The number of hydrogen-bond acceptors (Lipinski definition) is 5. The van der Waals surface area contributed by atoms with Crippen LogP contribution >= 0.6 is 11.8 Å². The van der Waals surface area contributed by atoms with E-state index in [2.05, 4.69) is 46.4 Å². The van der Waals surface area contributed by atoms with E-state index >= 15 is 0 Å². The van der Waals surface area contributed by atoms with Crippen molar-refractivity contribution in [2.45, 2.75) is 50.7 Å². The van der Waals surface area contributed by atoms with Gasteiger partial charge in [-0.1, -0.05) is 12.1 Å². The van der Waals surface area contributed by atoms with E-state index < -0.39 is 0 Å². The van der Waals surface area contributed by atoms with Gasteiger partial charge in [-0.2, -0.15) is 0 Å². The van der Waals surface area contributed by atoms with Crippen LogP contribution in [0.4, 0.5) is 5.69 Å². The van der Waals surface area contributed by atoms with Crippen molar-refractivity contribution >= 4 is 33.4 Å². The summed E-state index contributed by atoms with van der Waals surface area (Å²) >= 11 is 1.90. The number of aliphatic imine (C=N–C) groups is 1. The molecule has 1 aromatic carbocycles. The molecule has 5 rings (SSSR count). The molecule has 0 amide bonds. The van der Waals surface area contributed by atoms with Gasteiger partial charge in [0.1, 0.15) is 5.04 Å². The molecule has 2 aromatic rings. The normalized spacial score (nSPS) is 25.3. The molecule has 0 spiro atoms. The zero-order valence-electron chi connectivity index (χ0n) is 16.6. The fourth-order valence-electron chi connectivity index (χ4n) is 4.63. The molecule has 0 saturated carbocycles. The van der Waals surface area contributed by atoms with Gasteiger partial charge in [-0.3, -0.25) is 9.89 Å². The molecular weight excluding hydrogens is 368 g/mol. The Balaban J connectivity index is 1.36. The molecular formula is C22H30N4OS. The van der Waals surface area contributed by atoms with Crippen LogP contribution < -0.4 is 5.32 Å². The van der Waals surface area contributed by atoms with Gasteiger partial charge in [0.05, 0.1) is 22.9 Å². The lowest BCUT2D eigenvalue weighted by atomic mass is 10.1. The number of fused-ring (bicyclic) bond motifs is 1. The van der Waals surface area contributed by atoms with Gasteiger partial charge in [-0.25, -0.2) is 0 Å². The van der Waals surface area contributed by atoms with E-state index in [9.17, 15) is 0 Å². The predicted molar refractivity (Wildman–Crippen MR) is 119 cm³/mol. The molecule has 2 N–H and O–H groups in total. The average molecular weight is 399 g/mol. The van der Waals surface area contributed by atoms with E-state index in [0.29, 0.717) is 18.1 Å². The molecule has 0 aliphatic carbocycles. The van der Waals surface area contributed by atoms with Gasteiger partial charge in [0.2, 0.25) is 0 Å². The first-order chi connectivity index (χ1) is 13.8. The SMILES string of the molecule is CC(C1CSC(c2cc3cccc(NC4CCOCC4)c3[nH]2)=N1)N1CCCC1. The molecule has 2 saturated heterocycles. The molecule has 3 aliphatic heterocycles. The summed E-state index contributed by atoms with van der Waals surface area (Å²) in [5.74, 6) is 1.09. The lowest BCUT2D eigenvalue weighted by Crippen LogP contribution is -2.39. The zero-order valence-corrected chi connectivity index (χ0v) is 17.4. The van der Waals surface area contributed by atoms with Crippen molar-refractivity contribution in [2.24, 2.45) is 4.99 Å². The van der Waals surface area contributed by atoms with Crippen LogP contribution in [-0.4, -0.2) is 65.1 Å². The van der Waals surface area contributed by atoms with Gasteiger partial charge in [-0.05, 0) is 57.8 Å². The Kier molecular flexibility index (Phi) is 5.35. The summed E-state index contributed by atoms with van der Waals surface area (Å²) in [7, 11) is 0. The predicted octanol–water partition coefficient (Wildman–Crippen LogP) is 4.11. The molecule has 1 aromatic heterocycles. The second-order valence-corrected chi connectivity index (χ2v) is 9.29. The number of para-hydroxylation sites is 1. The Bertz CT molecular complexity index is 851. The first-order valence-corrected chi connectivity index (χ1v) is 11.7. The number of ether oxygens (including phenoxy) is 1. The number of anilines is 1. The lowest BCUT2D eigenvalue weighted by molar-refractivity contribution is 0.0905. The van der Waals surface area contributed by atoms with Crippen molar-refractivity contribution in [3.63, 3.8) is 0 Å². The smallest absolute Gasteiger partial charge is 0.114 e. The van der Waals surface area contributed by atoms with Crippen LogP contribution in [0.25, 0.3) is 10.9 Å². The summed E-state index contributed by atoms with van der Waals surface area (Å²) in [6.45, 7) is 6.53. The Morgan fingerprint density at radius 1 is 1.25 bits per heavy atom. The summed E-state index contributed by atoms with van der Waals surface area (Å²) in [5.41, 5.74) is 3.56. The van der Waals surface area contributed by atoms with Gasteiger partial charge >= 0.3 is 0 Å². The number of rotatable bonds is 5. The fraction of sp³-hybridized carbons (Fsp3) is 0.591. The van der Waals surface area contributed by atoms with E-state index in [1.165, 1.54) is 47.6 Å². The number of aromatic nitrogens is 1. The minimum absolute atomic E-state index is 0.407. The second-order valence-electron chi connectivity index (χ2n) is 8.28. The molecule has 28 heavy (non-hydrogen) atoms. The molecule has 0 bridgehead atoms. The number of likely N-dealkylation sites (tertiary alicyclic amines) is 1. The van der Waals surface area contributed by atoms with Crippen LogP contribution in [0.2, 0.25) is 0 Å². The Hall–Kier alpha value is -1.50. The number of H-pyrrole nitrogens is 1. The van der Waals surface area contributed by atoms with E-state index in [-0.39, 0.29) is 0 Å². The topological polar surface area (TPSA) is 52.6 Å². The van der Waals surface area contributed by atoms with Crippen LogP contribution in [0.1, 0.15) is 38.3 Å². The molecule has 2 unspecified atom stereocenters. The van der Waals surface area contributed by atoms with Gasteiger partial charge < -0.3 is 15.0 Å². The van der Waals surface area contributed by atoms with E-state index in [1.807, 2.05) is 11.8 Å². The number of nitrogens with one attached hydrogen (secondary N) is 2. The third-order valence-corrected chi connectivity index (χ3v) is 7.52. The number of nitrogens with zero attached hydrogens (tertiary/aromatic N) is 2. The number of aromatic amines is 1. The molecule has 5 nitrogen and oxygen atoms in total. The van der Waals surface area contributed by atoms with Crippen LogP contribution in [0, 0.1) is 0 Å². The Morgan fingerprint density at radius 2 is 2.07 bits per heavy atom. The molecule has 3 aliphatic rings. The standard InChI is InChI=1S/C22H30N4OS/c1-15(26-9-2-3-10-26)20-14-28-22(25-20)19-13-16-5-4-6-18(21(16)24-19)23-17-7-11-27-12-8-17/h4-6,13,15,17,20,23-24H,2-3,7-12,14H2,1H3. The van der Waals surface area contributed by atoms with Crippen molar-refractivity contribution in [3.05, 3.63) is 30.0 Å². The van der Waals surface area contributed by atoms with E-state index in [4.69, 9.17) is 9.73 Å². The quantitative estimate of drug-likeness (QED) is 0.796. The number of hydrogen-bond donors (Lipinski definition) is 2. The summed E-state index contributed by atoms with van der Waals surface area (Å²) in [6, 6.07) is 10.2. The fourth-order valence-corrected chi connectivity index (χ4v) is 5.79. The first kappa shape index (κ1) is 18.5. The van der Waals surface area contributed by atoms with Crippen molar-refractivity contribution in [1.82, 2.24) is 9.88 Å². The highest BCUT2D eigenvalue weighted by Gasteiger charge is 2.30. The maximum Gasteiger partial charge on any atom is 0.114 e. The molecule has 150 valence electrons. The largest absolute Gasteiger partial charge is 0.381 e. The molecule has 4 heterocycles. The average Bonchev–Trinajstić information content (AvgIpc) is 3.48. The summed E-state index contributed by atoms with van der Waals surface area (Å²) in [5, 5.41) is 6.15. The summed E-state index contributed by atoms with van der Waals surface area (Å²) < 4.78 is 5.49. The van der Waals surface area contributed by atoms with Crippen molar-refractivity contribution in [2.75, 3.05) is 37.4 Å². The van der Waals surface area contributed by atoms with Crippen molar-refractivity contribution in [1.29, 1.82) is 0 Å². The van der Waals surface area contributed by atoms with Crippen LogP contribution in [-0.2, 0) is 4.74 Å². The zero-order chi connectivity index (χ0) is 18.9. The highest BCUT2D eigenvalue weighted by Crippen LogP contribution is 2.31. The molecule has 2 fully saturated rings. The monoisotopic (exact) mass is 398 g/mol. The van der Waals surface area contributed by atoms with Crippen molar-refractivity contribution < 1.29 is 4.74 Å². The third-order valence-electron chi connectivity index (χ3n) is 6.41. The molecule has 6 heteroatoms. The van der Waals surface area contributed by atoms with Crippen LogP contribution in [0.3, 0.4) is 0 Å². The molecule has 0 radical (unpaired) electrons. The summed E-state index contributed by atoms with van der Waals surface area (Å²) in [6.07, 6.45) is 4.82. The maximum absolute atomic E-state index is 5.49. The van der Waals surface area contributed by atoms with Crippen molar-refractivity contribution in [3.8, 4) is 0 Å². The van der Waals surface area contributed by atoms with Gasteiger partial charge in [-0.15, -0.1) is 11.8 Å². The number of benzene rings is 1. The van der Waals surface area contributed by atoms with Crippen LogP contribution in [0.15, 0.2) is 29.3 Å². The second kappa shape index (κ2) is 8.09. The third kappa shape index (κ3) is 3.70. The van der Waals surface area contributed by atoms with Gasteiger partial charge in [0.25, 0.3) is 0 Å². The van der Waals surface area contributed by atoms with Gasteiger partial charge in [0, 0.05) is 36.4 Å². The number of thioether (sulfide) groups is 1. The minimum atomic E-state index is 0.407. The Labute approximate surface area is 171 Å². The van der Waals surface area contributed by atoms with E-state index in [1.54, 1.807) is 0 Å². The maximum atomic E-state index is 5.49. The first-order valence-electron chi connectivity index (χ1n) is 10.7. The highest BCUT2D eigenvalue weighted by atomic mass is 32.2. The van der Waals surface area contributed by atoms with Crippen LogP contribution in [0.5, 0.6) is 0 Å². The molecule has 2 atom stereocenters. The van der Waals surface area contributed by atoms with E-state index in [0.717, 1.165) is 37.5 Å². The van der Waals surface area contributed by atoms with Gasteiger partial charge in [0.15, 0.2) is 0 Å². The lowest BCUT2D eigenvalue weighted by Gasteiger charge is -2.26. The Morgan fingerprint density at radius 3 is 2.89 bits per heavy atom. The summed E-state index contributed by atoms with van der Waals surface area (Å²) in [4.78, 5) is 11.4.